The van der Waals surface area contributed by atoms with E-state index in [1.54, 1.807) is 15.8 Å². The maximum Gasteiger partial charge on any atom is 0.253 e. The molecule has 7 heteroatoms. The van der Waals surface area contributed by atoms with Crippen molar-refractivity contribution in [2.45, 2.75) is 30.1 Å². The molecule has 0 saturated carbocycles. The molecule has 1 fully saturated rings. The molecule has 1 aliphatic rings. The summed E-state index contributed by atoms with van der Waals surface area (Å²) in [7, 11) is -3.35. The molecular formula is C10H15BrN2O2S2. The molecule has 1 aromatic heterocycles. The molecule has 2 rings (SSSR count). The highest BCUT2D eigenvalue weighted by Crippen LogP contribution is 2.30. The molecule has 1 aliphatic heterocycles. The van der Waals surface area contributed by atoms with Gasteiger partial charge in [0.05, 0.1) is 0 Å². The molecule has 2 heterocycles. The lowest BCUT2D eigenvalue weighted by molar-refractivity contribution is 0.263. The lowest BCUT2D eigenvalue weighted by atomic mass is 10.2. The van der Waals surface area contributed by atoms with Crippen molar-refractivity contribution in [3.05, 3.63) is 15.9 Å². The third kappa shape index (κ3) is 2.73. The number of sulfonamides is 1. The number of nitrogens with one attached hydrogen (secondary N) is 1. The second-order valence-electron chi connectivity index (χ2n) is 4.35. The Balaban J connectivity index is 2.30. The van der Waals surface area contributed by atoms with Crippen molar-refractivity contribution >= 4 is 37.3 Å². The summed E-state index contributed by atoms with van der Waals surface area (Å²) in [6, 6.07) is 2.15. The molecule has 17 heavy (non-hydrogen) atoms. The Morgan fingerprint density at radius 3 is 2.47 bits per heavy atom. The topological polar surface area (TPSA) is 49.4 Å². The zero-order chi connectivity index (χ0) is 12.6. The normalized spacial score (nSPS) is 27.2. The van der Waals surface area contributed by atoms with Crippen LogP contribution in [0.25, 0.3) is 0 Å². The molecular weight excluding hydrogens is 324 g/mol. The molecule has 0 bridgehead atoms. The lowest BCUT2D eigenvalue weighted by Crippen LogP contribution is -2.55. The highest BCUT2D eigenvalue weighted by Gasteiger charge is 2.33. The third-order valence-electron chi connectivity index (χ3n) is 2.68. The second kappa shape index (κ2) is 4.97. The lowest BCUT2D eigenvalue weighted by Gasteiger charge is -2.34. The van der Waals surface area contributed by atoms with Crippen LogP contribution in [0.4, 0.5) is 0 Å². The first-order valence-electron chi connectivity index (χ1n) is 5.40. The van der Waals surface area contributed by atoms with Crippen molar-refractivity contribution in [1.29, 1.82) is 0 Å². The maximum atomic E-state index is 12.4. The Morgan fingerprint density at radius 1 is 1.41 bits per heavy atom. The average Bonchev–Trinajstić information content (AvgIpc) is 2.63. The molecule has 2 atom stereocenters. The summed E-state index contributed by atoms with van der Waals surface area (Å²) in [5.74, 6) is 0. The molecule has 0 spiro atoms. The Kier molecular flexibility index (Phi) is 3.94. The predicted octanol–water partition coefficient (Wildman–Crippen LogP) is 1.88. The van der Waals surface area contributed by atoms with E-state index < -0.39 is 10.0 Å². The highest BCUT2D eigenvalue weighted by atomic mass is 79.9. The summed E-state index contributed by atoms with van der Waals surface area (Å²) in [5, 5.41) is 5.11. The van der Waals surface area contributed by atoms with Gasteiger partial charge in [0.25, 0.3) is 10.0 Å². The summed E-state index contributed by atoms with van der Waals surface area (Å²) < 4.78 is 27.5. The number of thiophene rings is 1. The van der Waals surface area contributed by atoms with Gasteiger partial charge in [-0.05, 0) is 41.2 Å². The fraction of sp³-hybridized carbons (Fsp3) is 0.600. The number of piperazine rings is 1. The van der Waals surface area contributed by atoms with E-state index in [4.69, 9.17) is 0 Å². The van der Waals surface area contributed by atoms with E-state index in [1.165, 1.54) is 11.3 Å². The quantitative estimate of drug-likeness (QED) is 0.895. The first-order valence-corrected chi connectivity index (χ1v) is 8.51. The molecule has 1 saturated heterocycles. The van der Waals surface area contributed by atoms with Gasteiger partial charge in [-0.1, -0.05) is 0 Å². The Hall–Kier alpha value is 0.0500. The van der Waals surface area contributed by atoms with Crippen LogP contribution >= 0.6 is 27.3 Å². The number of nitrogens with zero attached hydrogens (tertiary/aromatic N) is 1. The van der Waals surface area contributed by atoms with Gasteiger partial charge in [0.15, 0.2) is 0 Å². The van der Waals surface area contributed by atoms with Crippen LogP contribution < -0.4 is 5.32 Å². The monoisotopic (exact) mass is 338 g/mol. The van der Waals surface area contributed by atoms with Crippen LogP contribution in [-0.2, 0) is 10.0 Å². The Bertz CT molecular complexity index is 490. The van der Waals surface area contributed by atoms with Gasteiger partial charge in [-0.25, -0.2) is 8.42 Å². The van der Waals surface area contributed by atoms with Gasteiger partial charge < -0.3 is 5.32 Å². The zero-order valence-corrected chi connectivity index (χ0v) is 12.9. The Morgan fingerprint density at radius 2 is 2.00 bits per heavy atom. The summed E-state index contributed by atoms with van der Waals surface area (Å²) in [4.78, 5) is 0. The average molecular weight is 339 g/mol. The second-order valence-corrected chi connectivity index (χ2v) is 8.25. The van der Waals surface area contributed by atoms with E-state index in [9.17, 15) is 8.42 Å². The van der Waals surface area contributed by atoms with Crippen LogP contribution in [0.5, 0.6) is 0 Å². The molecule has 96 valence electrons. The number of halogens is 1. The van der Waals surface area contributed by atoms with E-state index in [-0.39, 0.29) is 12.1 Å². The number of rotatable bonds is 2. The first-order chi connectivity index (χ1) is 7.91. The van der Waals surface area contributed by atoms with E-state index in [0.717, 1.165) is 0 Å². The van der Waals surface area contributed by atoms with Gasteiger partial charge >= 0.3 is 0 Å². The van der Waals surface area contributed by atoms with Crippen LogP contribution in [0, 0.1) is 0 Å². The van der Waals surface area contributed by atoms with Crippen molar-refractivity contribution in [2.24, 2.45) is 0 Å². The smallest absolute Gasteiger partial charge is 0.253 e. The molecule has 1 N–H and O–H groups in total. The van der Waals surface area contributed by atoms with Crippen molar-refractivity contribution in [2.75, 3.05) is 13.1 Å². The van der Waals surface area contributed by atoms with Crippen LogP contribution in [0.15, 0.2) is 20.1 Å². The predicted molar refractivity (Wildman–Crippen MR) is 72.8 cm³/mol. The van der Waals surface area contributed by atoms with Gasteiger partial charge in [-0.3, -0.25) is 0 Å². The fourth-order valence-electron chi connectivity index (χ4n) is 2.05. The minimum absolute atomic E-state index is 0.187. The molecule has 4 nitrogen and oxygen atoms in total. The van der Waals surface area contributed by atoms with Gasteiger partial charge in [-0.2, -0.15) is 4.31 Å². The van der Waals surface area contributed by atoms with Gasteiger partial charge in [0.1, 0.15) is 4.21 Å². The third-order valence-corrected chi connectivity index (χ3v) is 7.16. The summed E-state index contributed by atoms with van der Waals surface area (Å²) >= 11 is 4.54. The van der Waals surface area contributed by atoms with E-state index >= 15 is 0 Å². The Labute approximate surface area is 114 Å². The zero-order valence-electron chi connectivity index (χ0n) is 9.68. The van der Waals surface area contributed by atoms with Crippen molar-refractivity contribution in [1.82, 2.24) is 9.62 Å². The first kappa shape index (κ1) is 13.5. The SMILES string of the molecule is C[C@@H]1CN(S(=O)(=O)c2sccc2Br)C[C@H](C)N1. The standard InChI is InChI=1S/C10H15BrN2O2S2/c1-7-5-13(6-8(2)12-7)17(14,15)10-9(11)3-4-16-10/h3-4,7-8,12H,5-6H2,1-2H3/t7-,8+. The van der Waals surface area contributed by atoms with Crippen molar-refractivity contribution in [3.63, 3.8) is 0 Å². The highest BCUT2D eigenvalue weighted by molar-refractivity contribution is 9.10. The maximum absolute atomic E-state index is 12.4. The van der Waals surface area contributed by atoms with E-state index in [1.807, 2.05) is 13.8 Å². The summed E-state index contributed by atoms with van der Waals surface area (Å²) in [6.07, 6.45) is 0. The van der Waals surface area contributed by atoms with E-state index in [0.29, 0.717) is 21.8 Å². The van der Waals surface area contributed by atoms with E-state index in [2.05, 4.69) is 21.2 Å². The number of hydrogen-bond donors (Lipinski definition) is 1. The summed E-state index contributed by atoms with van der Waals surface area (Å²) in [5.41, 5.74) is 0. The van der Waals surface area contributed by atoms with Gasteiger partial charge in [-0.15, -0.1) is 11.3 Å². The van der Waals surface area contributed by atoms with Crippen LogP contribution in [0.2, 0.25) is 0 Å². The number of hydrogen-bond acceptors (Lipinski definition) is 4. The molecule has 0 unspecified atom stereocenters. The molecule has 0 aromatic carbocycles. The molecule has 1 aromatic rings. The van der Waals surface area contributed by atoms with Crippen LogP contribution in [-0.4, -0.2) is 37.9 Å². The minimum atomic E-state index is -3.35. The fourth-order valence-corrected chi connectivity index (χ4v) is 6.12. The van der Waals surface area contributed by atoms with Gasteiger partial charge in [0.2, 0.25) is 0 Å². The molecule has 0 amide bonds. The molecule has 0 radical (unpaired) electrons. The van der Waals surface area contributed by atoms with Crippen LogP contribution in [0.1, 0.15) is 13.8 Å². The largest absolute Gasteiger partial charge is 0.309 e. The summed E-state index contributed by atoms with van der Waals surface area (Å²) in [6.45, 7) is 5.05. The van der Waals surface area contributed by atoms with Gasteiger partial charge in [0, 0.05) is 29.6 Å². The van der Waals surface area contributed by atoms with Crippen molar-refractivity contribution < 1.29 is 8.42 Å². The van der Waals surface area contributed by atoms with Crippen molar-refractivity contribution in [3.8, 4) is 0 Å². The minimum Gasteiger partial charge on any atom is -0.309 e. The molecule has 0 aliphatic carbocycles. The van der Waals surface area contributed by atoms with Crippen LogP contribution in [0.3, 0.4) is 0 Å².